The Balaban J connectivity index is 1.23. The van der Waals surface area contributed by atoms with Crippen molar-refractivity contribution in [3.8, 4) is 17.6 Å². The molecule has 4 fully saturated rings. The molecule has 0 saturated heterocycles. The first-order valence-corrected chi connectivity index (χ1v) is 22.3. The maximum Gasteiger partial charge on any atom is 0.309 e. The number of likely N-dealkylation sites (N-methyl/N-ethyl adjacent to an activating group) is 1. The maximum atomic E-state index is 14.5. The average molecular weight is 825 g/mol. The molecule has 2 aromatic heterocycles. The molecule has 4 saturated carbocycles. The number of fused-ring (bicyclic) bond motifs is 7. The van der Waals surface area contributed by atoms with Crippen LogP contribution < -0.4 is 0 Å². The number of pyridine rings is 1. The number of Topliss-reactive ketones (excluding diaryl/α,β-unsaturated/α-hetero) is 1. The molecular weight excluding hydrogens is 757 g/mol. The molecule has 0 aromatic carbocycles. The van der Waals surface area contributed by atoms with Gasteiger partial charge in [0.25, 0.3) is 0 Å². The highest BCUT2D eigenvalue weighted by Crippen LogP contribution is 2.77. The van der Waals surface area contributed by atoms with Gasteiger partial charge in [-0.3, -0.25) is 19.4 Å². The fourth-order valence-electron chi connectivity index (χ4n) is 13.9. The zero-order valence-electron chi connectivity index (χ0n) is 37.9. The van der Waals surface area contributed by atoms with Gasteiger partial charge in [-0.1, -0.05) is 48.5 Å². The van der Waals surface area contributed by atoms with Gasteiger partial charge in [-0.05, 0) is 143 Å². The molecule has 0 unspecified atom stereocenters. The summed E-state index contributed by atoms with van der Waals surface area (Å²) >= 11 is 0. The molecule has 2 N–H and O–H groups in total. The van der Waals surface area contributed by atoms with Gasteiger partial charge < -0.3 is 24.4 Å². The monoisotopic (exact) mass is 825 g/mol. The van der Waals surface area contributed by atoms with E-state index in [4.69, 9.17) is 9.84 Å². The lowest BCUT2D eigenvalue weighted by Crippen LogP contribution is -2.66. The molecule has 0 aliphatic heterocycles. The molecule has 2 heterocycles. The number of aliphatic hydroxyl groups is 1. The molecule has 7 rings (SSSR count). The van der Waals surface area contributed by atoms with Crippen LogP contribution in [0.25, 0.3) is 11.5 Å². The van der Waals surface area contributed by atoms with Gasteiger partial charge in [-0.25, -0.2) is 0 Å². The van der Waals surface area contributed by atoms with Gasteiger partial charge in [0, 0.05) is 36.5 Å². The van der Waals surface area contributed by atoms with E-state index in [0.717, 1.165) is 56.1 Å². The van der Waals surface area contributed by atoms with Crippen LogP contribution in [0, 0.1) is 67.5 Å². The molecule has 5 aliphatic rings. The summed E-state index contributed by atoms with van der Waals surface area (Å²) in [5.41, 5.74) is 0.634. The number of carbonyl (C=O) groups is 3. The highest BCUT2D eigenvalue weighted by atomic mass is 16.5. The SMILES string of the molecule is CC(C)C1=C2[C@H]3CC[C@@H]4[C@@]5(C)CC[C@H](OC(=O)CC(C)(C)C(=O)O)C(C)(C)[C@@H]5CC[C@@]4(C)[C@]3(C)CC[C@@]2([C@@H](O)c2nnc(-c3ccc(C#N)cn3)n2CCN(C)C)CC1=O. The van der Waals surface area contributed by atoms with E-state index < -0.39 is 28.9 Å². The minimum absolute atomic E-state index is 0.00125. The smallest absolute Gasteiger partial charge is 0.309 e. The first kappa shape index (κ1) is 44.1. The number of carboxylic acid groups (broad SMARTS) is 1. The van der Waals surface area contributed by atoms with Crippen LogP contribution >= 0.6 is 0 Å². The fourth-order valence-corrected chi connectivity index (χ4v) is 13.9. The Labute approximate surface area is 356 Å². The summed E-state index contributed by atoms with van der Waals surface area (Å²) in [7, 11) is 4.01. The number of aliphatic hydroxyl groups excluding tert-OH is 1. The summed E-state index contributed by atoms with van der Waals surface area (Å²) in [6, 6.07) is 5.62. The number of nitrogens with zero attached hydrogens (tertiary/aromatic N) is 6. The minimum Gasteiger partial charge on any atom is -0.481 e. The number of nitriles is 1. The Hall–Kier alpha value is -3.95. The number of hydrogen-bond acceptors (Lipinski definition) is 10. The largest absolute Gasteiger partial charge is 0.481 e. The van der Waals surface area contributed by atoms with Crippen LogP contribution in [-0.4, -0.2) is 79.3 Å². The highest BCUT2D eigenvalue weighted by Gasteiger charge is 2.71. The Bertz CT molecular complexity index is 2110. The first-order chi connectivity index (χ1) is 28.0. The number of allylic oxidation sites excluding steroid dienone is 1. The zero-order valence-corrected chi connectivity index (χ0v) is 37.9. The number of esters is 1. The average Bonchev–Trinajstić information content (AvgIpc) is 3.73. The van der Waals surface area contributed by atoms with Crippen molar-refractivity contribution in [3.05, 3.63) is 40.9 Å². The molecule has 0 radical (unpaired) electrons. The van der Waals surface area contributed by atoms with Gasteiger partial charge in [0.15, 0.2) is 17.4 Å². The van der Waals surface area contributed by atoms with Gasteiger partial charge in [0.1, 0.15) is 24.0 Å². The quantitative estimate of drug-likeness (QED) is 0.209. The van der Waals surface area contributed by atoms with Crippen LogP contribution in [0.3, 0.4) is 0 Å². The van der Waals surface area contributed by atoms with E-state index in [2.05, 4.69) is 69.5 Å². The predicted octanol–water partition coefficient (Wildman–Crippen LogP) is 8.20. The van der Waals surface area contributed by atoms with E-state index in [0.29, 0.717) is 54.3 Å². The lowest BCUT2D eigenvalue weighted by molar-refractivity contribution is -0.235. The van der Waals surface area contributed by atoms with Crippen molar-refractivity contribution in [1.29, 1.82) is 5.26 Å². The van der Waals surface area contributed by atoms with E-state index in [-0.39, 0.29) is 58.2 Å². The predicted molar refractivity (Wildman–Crippen MR) is 227 cm³/mol. The van der Waals surface area contributed by atoms with Crippen molar-refractivity contribution < 1.29 is 29.3 Å². The van der Waals surface area contributed by atoms with Crippen LogP contribution in [0.4, 0.5) is 0 Å². The molecule has 2 aromatic rings. The number of carbonyl (C=O) groups excluding carboxylic acids is 2. The normalized spacial score (nSPS) is 34.0. The van der Waals surface area contributed by atoms with Crippen molar-refractivity contribution in [2.75, 3.05) is 20.6 Å². The lowest BCUT2D eigenvalue weighted by Gasteiger charge is -2.72. The van der Waals surface area contributed by atoms with Crippen molar-refractivity contribution in [3.63, 3.8) is 0 Å². The minimum atomic E-state index is -1.19. The van der Waals surface area contributed by atoms with Crippen molar-refractivity contribution in [1.82, 2.24) is 24.6 Å². The third-order valence-electron chi connectivity index (χ3n) is 17.3. The number of aromatic nitrogens is 4. The topological polar surface area (TPSA) is 172 Å². The van der Waals surface area contributed by atoms with E-state index in [9.17, 15) is 29.9 Å². The molecule has 12 nitrogen and oxygen atoms in total. The van der Waals surface area contributed by atoms with Crippen LogP contribution in [-0.2, 0) is 25.7 Å². The summed E-state index contributed by atoms with van der Waals surface area (Å²) in [6.07, 6.45) is 7.48. The van der Waals surface area contributed by atoms with E-state index in [1.807, 2.05) is 18.7 Å². The molecule has 0 bridgehead atoms. The second kappa shape index (κ2) is 15.1. The Morgan fingerprint density at radius 3 is 2.33 bits per heavy atom. The van der Waals surface area contributed by atoms with Crippen molar-refractivity contribution >= 4 is 17.7 Å². The van der Waals surface area contributed by atoms with Crippen LogP contribution in [0.2, 0.25) is 0 Å². The summed E-state index contributed by atoms with van der Waals surface area (Å²) in [5, 5.41) is 41.4. The van der Waals surface area contributed by atoms with Crippen LogP contribution in [0.1, 0.15) is 144 Å². The van der Waals surface area contributed by atoms with E-state index in [1.54, 1.807) is 26.0 Å². The Morgan fingerprint density at radius 2 is 1.72 bits per heavy atom. The first-order valence-electron chi connectivity index (χ1n) is 22.3. The van der Waals surface area contributed by atoms with Crippen LogP contribution in [0.5, 0.6) is 0 Å². The van der Waals surface area contributed by atoms with E-state index in [1.165, 1.54) is 6.20 Å². The second-order valence-electron chi connectivity index (χ2n) is 21.8. The second-order valence-corrected chi connectivity index (χ2v) is 21.8. The highest BCUT2D eigenvalue weighted by molar-refractivity contribution is 6.00. The molecular formula is C48H68N6O6. The molecule has 5 aliphatic carbocycles. The number of hydrogen-bond donors (Lipinski definition) is 2. The van der Waals surface area contributed by atoms with Gasteiger partial charge in [-0.15, -0.1) is 10.2 Å². The molecule has 0 amide bonds. The molecule has 326 valence electrons. The van der Waals surface area contributed by atoms with Gasteiger partial charge in [-0.2, -0.15) is 5.26 Å². The summed E-state index contributed by atoms with van der Waals surface area (Å²) < 4.78 is 8.17. The third-order valence-corrected chi connectivity index (χ3v) is 17.3. The molecule has 0 spiro atoms. The summed E-state index contributed by atoms with van der Waals surface area (Å²) in [4.78, 5) is 46.1. The number of aliphatic carboxylic acids is 1. The molecule has 60 heavy (non-hydrogen) atoms. The fraction of sp³-hybridized carbons (Fsp3) is 0.729. The number of ether oxygens (including phenoxy) is 1. The standard InChI is InChI=1S/C48H68N6O6/c1-28(2)37-32(55)24-48(39(57)41-52-51-40(54(41)23-22-53(10)11)31-14-12-29(26-49)27-50-31)21-20-46(8)30(38(37)48)13-15-34-45(7)18-17-35(60-36(56)25-43(3,4)42(58)59)44(5,6)33(45)16-19-47(34,46)9/h12,14,27-28,30,33-35,39,57H,13,15-25H2,1-11H3,(H,58,59)/t30-,33+,34-,35+,39+,45+,46-,47-,48-/m1/s1. The van der Waals surface area contributed by atoms with E-state index >= 15 is 0 Å². The Morgan fingerprint density at radius 1 is 1.00 bits per heavy atom. The third kappa shape index (κ3) is 6.67. The molecule has 9 atom stereocenters. The van der Waals surface area contributed by atoms with Crippen molar-refractivity contribution in [2.45, 2.75) is 145 Å². The maximum absolute atomic E-state index is 14.5. The van der Waals surface area contributed by atoms with Gasteiger partial charge in [0.2, 0.25) is 0 Å². The Kier molecular flexibility index (Phi) is 11.1. The molecule has 12 heteroatoms. The number of rotatable bonds is 11. The number of ketones is 1. The zero-order chi connectivity index (χ0) is 44.0. The van der Waals surface area contributed by atoms with Gasteiger partial charge in [0.05, 0.1) is 17.4 Å². The summed E-state index contributed by atoms with van der Waals surface area (Å²) in [6.45, 7) is 20.6. The number of carboxylic acids is 1. The lowest BCUT2D eigenvalue weighted by atomic mass is 9.33. The summed E-state index contributed by atoms with van der Waals surface area (Å²) in [5.74, 6) is 0.536. The van der Waals surface area contributed by atoms with Gasteiger partial charge >= 0.3 is 11.9 Å². The van der Waals surface area contributed by atoms with Crippen LogP contribution in [0.15, 0.2) is 29.5 Å². The van der Waals surface area contributed by atoms with Crippen molar-refractivity contribution in [2.24, 2.45) is 56.2 Å².